The minimum atomic E-state index is -0.982. The maximum atomic E-state index is 12.3. The molecule has 124 valence electrons. The van der Waals surface area contributed by atoms with Crippen molar-refractivity contribution in [3.63, 3.8) is 0 Å². The lowest BCUT2D eigenvalue weighted by molar-refractivity contribution is -0.136. The molecular formula is C16H20N2O5. The summed E-state index contributed by atoms with van der Waals surface area (Å²) in [4.78, 5) is 36.0. The number of anilines is 1. The molecule has 0 saturated carbocycles. The summed E-state index contributed by atoms with van der Waals surface area (Å²) in [6, 6.07) is 4.34. The fourth-order valence-corrected chi connectivity index (χ4v) is 2.66. The molecular weight excluding hydrogens is 300 g/mol. The number of hydrogen-bond acceptors (Lipinski definition) is 4. The second-order valence-electron chi connectivity index (χ2n) is 5.69. The highest BCUT2D eigenvalue weighted by atomic mass is 16.4. The number of aliphatic carboxylic acids is 1. The van der Waals surface area contributed by atoms with Gasteiger partial charge in [0.1, 0.15) is 5.75 Å². The van der Waals surface area contributed by atoms with E-state index in [1.807, 2.05) is 0 Å². The van der Waals surface area contributed by atoms with E-state index in [2.05, 4.69) is 5.32 Å². The normalized spacial score (nSPS) is 15.3. The van der Waals surface area contributed by atoms with Gasteiger partial charge < -0.3 is 20.4 Å². The summed E-state index contributed by atoms with van der Waals surface area (Å²) in [5, 5.41) is 21.3. The van der Waals surface area contributed by atoms with Gasteiger partial charge in [-0.15, -0.1) is 0 Å². The molecule has 0 bridgehead atoms. The first kappa shape index (κ1) is 16.8. The predicted molar refractivity (Wildman–Crippen MR) is 83.1 cm³/mol. The Labute approximate surface area is 133 Å². The molecule has 1 aromatic carbocycles. The lowest BCUT2D eigenvalue weighted by Crippen LogP contribution is -2.40. The van der Waals surface area contributed by atoms with Crippen molar-refractivity contribution in [2.75, 3.05) is 18.4 Å². The first-order valence-corrected chi connectivity index (χ1v) is 7.47. The van der Waals surface area contributed by atoms with Crippen molar-refractivity contribution in [3.05, 3.63) is 23.8 Å². The summed E-state index contributed by atoms with van der Waals surface area (Å²) >= 11 is 0. The van der Waals surface area contributed by atoms with E-state index in [4.69, 9.17) is 5.11 Å². The van der Waals surface area contributed by atoms with Gasteiger partial charge in [0, 0.05) is 25.9 Å². The molecule has 0 spiro atoms. The van der Waals surface area contributed by atoms with Crippen LogP contribution in [0.15, 0.2) is 18.2 Å². The van der Waals surface area contributed by atoms with Crippen molar-refractivity contribution in [1.29, 1.82) is 0 Å². The molecule has 2 amide bonds. The topological polar surface area (TPSA) is 107 Å². The van der Waals surface area contributed by atoms with Crippen LogP contribution in [0.4, 0.5) is 5.69 Å². The minimum absolute atomic E-state index is 0.00266. The standard InChI is InChI=1S/C16H20N2O5/c1-10(19)18-6-4-12(5-7-18)16(23)17-13-8-11(9-15(21)22)2-3-14(13)20/h2-3,8,12,20H,4-7,9H2,1H3,(H,17,23)(H,21,22). The van der Waals surface area contributed by atoms with E-state index in [0.29, 0.717) is 31.5 Å². The lowest BCUT2D eigenvalue weighted by Gasteiger charge is -2.30. The zero-order valence-electron chi connectivity index (χ0n) is 12.9. The van der Waals surface area contributed by atoms with Crippen LogP contribution in [0.25, 0.3) is 0 Å². The van der Waals surface area contributed by atoms with Gasteiger partial charge in [0.05, 0.1) is 12.1 Å². The largest absolute Gasteiger partial charge is 0.506 e. The maximum absolute atomic E-state index is 12.3. The number of carboxylic acid groups (broad SMARTS) is 1. The lowest BCUT2D eigenvalue weighted by atomic mass is 9.95. The molecule has 0 unspecified atom stereocenters. The van der Waals surface area contributed by atoms with Gasteiger partial charge in [0.25, 0.3) is 0 Å². The molecule has 0 atom stereocenters. The van der Waals surface area contributed by atoms with Crippen LogP contribution >= 0.6 is 0 Å². The Morgan fingerprint density at radius 1 is 1.26 bits per heavy atom. The third-order valence-corrected chi connectivity index (χ3v) is 3.99. The molecule has 1 fully saturated rings. The number of benzene rings is 1. The SMILES string of the molecule is CC(=O)N1CCC(C(=O)Nc2cc(CC(=O)O)ccc2O)CC1. The summed E-state index contributed by atoms with van der Waals surface area (Å²) in [5.74, 6) is -1.54. The van der Waals surface area contributed by atoms with Gasteiger partial charge >= 0.3 is 5.97 Å². The molecule has 1 saturated heterocycles. The van der Waals surface area contributed by atoms with Crippen LogP contribution in [0.5, 0.6) is 5.75 Å². The summed E-state index contributed by atoms with van der Waals surface area (Å²) in [7, 11) is 0. The Hall–Kier alpha value is -2.57. The fourth-order valence-electron chi connectivity index (χ4n) is 2.66. The number of likely N-dealkylation sites (tertiary alicyclic amines) is 1. The van der Waals surface area contributed by atoms with E-state index in [-0.39, 0.29) is 35.6 Å². The zero-order chi connectivity index (χ0) is 17.0. The summed E-state index contributed by atoms with van der Waals surface area (Å²) in [5.41, 5.74) is 0.708. The Bertz CT molecular complexity index is 621. The van der Waals surface area contributed by atoms with Crippen molar-refractivity contribution in [2.24, 2.45) is 5.92 Å². The molecule has 1 aromatic rings. The van der Waals surface area contributed by atoms with Crippen LogP contribution in [-0.4, -0.2) is 46.0 Å². The molecule has 0 aromatic heterocycles. The second-order valence-corrected chi connectivity index (χ2v) is 5.69. The molecule has 0 radical (unpaired) electrons. The van der Waals surface area contributed by atoms with Gasteiger partial charge in [-0.05, 0) is 30.5 Å². The van der Waals surface area contributed by atoms with Crippen molar-refractivity contribution < 1.29 is 24.6 Å². The average molecular weight is 320 g/mol. The van der Waals surface area contributed by atoms with Crippen LogP contribution in [0.1, 0.15) is 25.3 Å². The predicted octanol–water partition coefficient (Wildman–Crippen LogP) is 1.22. The number of phenolic OH excluding ortho intramolecular Hbond substituents is 1. The number of nitrogens with one attached hydrogen (secondary N) is 1. The number of carboxylic acids is 1. The molecule has 7 heteroatoms. The number of amides is 2. The van der Waals surface area contributed by atoms with Crippen LogP contribution in [-0.2, 0) is 20.8 Å². The number of nitrogens with zero attached hydrogens (tertiary/aromatic N) is 1. The van der Waals surface area contributed by atoms with E-state index in [1.165, 1.54) is 25.1 Å². The molecule has 1 aliphatic rings. The number of phenols is 1. The molecule has 1 aliphatic heterocycles. The number of carbonyl (C=O) groups excluding carboxylic acids is 2. The monoisotopic (exact) mass is 320 g/mol. The van der Waals surface area contributed by atoms with Crippen LogP contribution in [0.3, 0.4) is 0 Å². The number of aromatic hydroxyl groups is 1. The first-order valence-electron chi connectivity index (χ1n) is 7.47. The summed E-state index contributed by atoms with van der Waals surface area (Å²) in [6.07, 6.45) is 0.960. The van der Waals surface area contributed by atoms with E-state index in [9.17, 15) is 19.5 Å². The number of carbonyl (C=O) groups is 3. The van der Waals surface area contributed by atoms with Crippen molar-refractivity contribution in [2.45, 2.75) is 26.2 Å². The maximum Gasteiger partial charge on any atom is 0.307 e. The number of hydrogen-bond donors (Lipinski definition) is 3. The van der Waals surface area contributed by atoms with Gasteiger partial charge in [0.15, 0.2) is 0 Å². The van der Waals surface area contributed by atoms with Crippen LogP contribution < -0.4 is 5.32 Å². The molecule has 0 aliphatic carbocycles. The van der Waals surface area contributed by atoms with Gasteiger partial charge in [-0.2, -0.15) is 0 Å². The van der Waals surface area contributed by atoms with E-state index >= 15 is 0 Å². The average Bonchev–Trinajstić information content (AvgIpc) is 2.50. The molecule has 23 heavy (non-hydrogen) atoms. The highest BCUT2D eigenvalue weighted by molar-refractivity contribution is 5.94. The highest BCUT2D eigenvalue weighted by Crippen LogP contribution is 2.26. The van der Waals surface area contributed by atoms with Gasteiger partial charge in [0.2, 0.25) is 11.8 Å². The zero-order valence-corrected chi connectivity index (χ0v) is 12.9. The summed E-state index contributed by atoms with van der Waals surface area (Å²) < 4.78 is 0. The van der Waals surface area contributed by atoms with Gasteiger partial charge in [-0.3, -0.25) is 14.4 Å². The van der Waals surface area contributed by atoms with Gasteiger partial charge in [-0.25, -0.2) is 0 Å². The Balaban J connectivity index is 2.00. The Morgan fingerprint density at radius 2 is 1.91 bits per heavy atom. The van der Waals surface area contributed by atoms with E-state index in [0.717, 1.165) is 0 Å². The number of piperidine rings is 1. The Morgan fingerprint density at radius 3 is 2.48 bits per heavy atom. The first-order chi connectivity index (χ1) is 10.9. The van der Waals surface area contributed by atoms with Crippen molar-refractivity contribution >= 4 is 23.5 Å². The Kier molecular flexibility index (Phi) is 5.20. The minimum Gasteiger partial charge on any atom is -0.506 e. The fraction of sp³-hybridized carbons (Fsp3) is 0.438. The molecule has 1 heterocycles. The van der Waals surface area contributed by atoms with E-state index in [1.54, 1.807) is 4.90 Å². The summed E-state index contributed by atoms with van der Waals surface area (Å²) in [6.45, 7) is 2.59. The molecule has 3 N–H and O–H groups in total. The highest BCUT2D eigenvalue weighted by Gasteiger charge is 2.26. The van der Waals surface area contributed by atoms with Crippen LogP contribution in [0.2, 0.25) is 0 Å². The van der Waals surface area contributed by atoms with Crippen molar-refractivity contribution in [3.8, 4) is 5.75 Å². The van der Waals surface area contributed by atoms with Crippen LogP contribution in [0, 0.1) is 5.92 Å². The van der Waals surface area contributed by atoms with E-state index < -0.39 is 5.97 Å². The van der Waals surface area contributed by atoms with Crippen molar-refractivity contribution in [1.82, 2.24) is 4.90 Å². The smallest absolute Gasteiger partial charge is 0.307 e. The van der Waals surface area contributed by atoms with Gasteiger partial charge in [-0.1, -0.05) is 6.07 Å². The molecule has 7 nitrogen and oxygen atoms in total. The molecule has 2 rings (SSSR count). The quantitative estimate of drug-likeness (QED) is 0.723. The number of rotatable bonds is 4. The third kappa shape index (κ3) is 4.45. The second kappa shape index (κ2) is 7.13. The third-order valence-electron chi connectivity index (χ3n) is 3.99.